The van der Waals surface area contributed by atoms with Crippen LogP contribution in [0.3, 0.4) is 0 Å². The number of halogens is 2. The van der Waals surface area contributed by atoms with E-state index >= 15 is 0 Å². The Morgan fingerprint density at radius 3 is 2.69 bits per heavy atom. The number of carbonyl (C=O) groups excluding carboxylic acids is 1. The van der Waals surface area contributed by atoms with Gasteiger partial charge in [0.05, 0.1) is 17.0 Å². The molecule has 0 saturated carbocycles. The Hall–Kier alpha value is -3.62. The maximum Gasteiger partial charge on any atom is 0.282 e. The van der Waals surface area contributed by atoms with E-state index in [1.54, 1.807) is 0 Å². The van der Waals surface area contributed by atoms with E-state index in [4.69, 9.17) is 4.52 Å². The van der Waals surface area contributed by atoms with Gasteiger partial charge < -0.3 is 9.84 Å². The van der Waals surface area contributed by atoms with Crippen LogP contribution in [0.2, 0.25) is 0 Å². The van der Waals surface area contributed by atoms with E-state index in [0.717, 1.165) is 6.07 Å². The van der Waals surface area contributed by atoms with Crippen molar-refractivity contribution in [3.63, 3.8) is 0 Å². The molecule has 1 heterocycles. The zero-order chi connectivity index (χ0) is 18.7. The molecule has 0 unspecified atom stereocenters. The van der Waals surface area contributed by atoms with Gasteiger partial charge in [-0.2, -0.15) is 0 Å². The molecule has 7 nitrogen and oxygen atoms in total. The molecule has 1 N–H and O–H groups in total. The second-order valence-electron chi connectivity index (χ2n) is 5.26. The molecule has 0 atom stereocenters. The molecule has 0 radical (unpaired) electrons. The summed E-state index contributed by atoms with van der Waals surface area (Å²) in [6.07, 6.45) is 0. The van der Waals surface area contributed by atoms with E-state index in [2.05, 4.69) is 10.5 Å². The van der Waals surface area contributed by atoms with Gasteiger partial charge in [0.15, 0.2) is 5.76 Å². The normalized spacial score (nSPS) is 10.5. The number of hydrogen-bond acceptors (Lipinski definition) is 5. The molecule has 0 fully saturated rings. The quantitative estimate of drug-likeness (QED) is 0.556. The molecule has 2 aromatic carbocycles. The predicted octanol–water partition coefficient (Wildman–Crippen LogP) is 3.46. The molecule has 0 bridgehead atoms. The maximum atomic E-state index is 13.7. The third kappa shape index (κ3) is 3.56. The highest BCUT2D eigenvalue weighted by Gasteiger charge is 2.19. The van der Waals surface area contributed by atoms with E-state index in [1.165, 1.54) is 36.4 Å². The van der Waals surface area contributed by atoms with Gasteiger partial charge in [0.1, 0.15) is 22.9 Å². The van der Waals surface area contributed by atoms with E-state index < -0.39 is 22.5 Å². The number of nitrogens with one attached hydrogen (secondary N) is 1. The van der Waals surface area contributed by atoms with Crippen molar-refractivity contribution in [3.05, 3.63) is 81.5 Å². The minimum Gasteiger partial charge on any atom is -0.356 e. The number of nitrogens with zero attached hydrogens (tertiary/aromatic N) is 2. The number of para-hydroxylation sites is 1. The van der Waals surface area contributed by atoms with Crippen LogP contribution in [-0.4, -0.2) is 16.0 Å². The monoisotopic (exact) mass is 359 g/mol. The van der Waals surface area contributed by atoms with Crippen molar-refractivity contribution < 1.29 is 23.0 Å². The Kier molecular flexibility index (Phi) is 4.70. The number of aromatic nitrogens is 1. The molecular weight excluding hydrogens is 348 g/mol. The molecular formula is C17H11F2N3O4. The lowest BCUT2D eigenvalue weighted by atomic mass is 10.1. The fourth-order valence-electron chi connectivity index (χ4n) is 2.30. The highest BCUT2D eigenvalue weighted by Crippen LogP contribution is 2.24. The lowest BCUT2D eigenvalue weighted by Gasteiger charge is -2.03. The third-order valence-electron chi connectivity index (χ3n) is 3.53. The van der Waals surface area contributed by atoms with E-state index in [9.17, 15) is 23.7 Å². The molecule has 1 aromatic heterocycles. The van der Waals surface area contributed by atoms with Crippen LogP contribution < -0.4 is 5.32 Å². The fourth-order valence-corrected chi connectivity index (χ4v) is 2.30. The van der Waals surface area contributed by atoms with Gasteiger partial charge in [-0.05, 0) is 18.2 Å². The van der Waals surface area contributed by atoms with Crippen molar-refractivity contribution in [2.24, 2.45) is 0 Å². The van der Waals surface area contributed by atoms with E-state index in [-0.39, 0.29) is 34.8 Å². The second-order valence-corrected chi connectivity index (χ2v) is 5.26. The first-order chi connectivity index (χ1) is 12.5. The molecule has 0 aliphatic heterocycles. The molecule has 132 valence electrons. The van der Waals surface area contributed by atoms with Crippen molar-refractivity contribution in [2.75, 3.05) is 0 Å². The van der Waals surface area contributed by atoms with Crippen LogP contribution in [0.15, 0.2) is 53.1 Å². The fraction of sp³-hybridized carbons (Fsp3) is 0.0588. The minimum absolute atomic E-state index is 0.0233. The van der Waals surface area contributed by atoms with Crippen LogP contribution in [0.5, 0.6) is 0 Å². The molecule has 3 aromatic rings. The molecule has 3 rings (SSSR count). The van der Waals surface area contributed by atoms with Crippen LogP contribution in [0.25, 0.3) is 11.3 Å². The highest BCUT2D eigenvalue weighted by molar-refractivity contribution is 5.98. The molecule has 0 aliphatic rings. The summed E-state index contributed by atoms with van der Waals surface area (Å²) in [6.45, 7) is -0.0861. The van der Waals surface area contributed by atoms with E-state index in [1.807, 2.05) is 0 Å². The van der Waals surface area contributed by atoms with Crippen molar-refractivity contribution >= 4 is 11.6 Å². The summed E-state index contributed by atoms with van der Waals surface area (Å²) in [7, 11) is 0. The minimum atomic E-state index is -0.809. The number of carbonyl (C=O) groups is 1. The van der Waals surface area contributed by atoms with Crippen molar-refractivity contribution in [3.8, 4) is 11.3 Å². The molecule has 0 aliphatic carbocycles. The first-order valence-electron chi connectivity index (χ1n) is 7.38. The highest BCUT2D eigenvalue weighted by atomic mass is 19.1. The van der Waals surface area contributed by atoms with Crippen LogP contribution in [-0.2, 0) is 6.54 Å². The van der Waals surface area contributed by atoms with Gasteiger partial charge in [0.2, 0.25) is 0 Å². The Labute approximate surface area is 145 Å². The number of nitro benzene ring substituents is 1. The van der Waals surface area contributed by atoms with Crippen LogP contribution in [0.1, 0.15) is 16.1 Å². The Balaban J connectivity index is 1.72. The molecule has 1 amide bonds. The molecule has 0 spiro atoms. The number of rotatable bonds is 5. The topological polar surface area (TPSA) is 98.3 Å². The largest absolute Gasteiger partial charge is 0.356 e. The van der Waals surface area contributed by atoms with Gasteiger partial charge in [-0.1, -0.05) is 17.3 Å². The summed E-state index contributed by atoms with van der Waals surface area (Å²) in [6, 6.07) is 9.90. The first-order valence-corrected chi connectivity index (χ1v) is 7.38. The van der Waals surface area contributed by atoms with Crippen LogP contribution >= 0.6 is 0 Å². The van der Waals surface area contributed by atoms with Gasteiger partial charge in [-0.15, -0.1) is 0 Å². The summed E-state index contributed by atoms with van der Waals surface area (Å²) in [5, 5.41) is 17.1. The SMILES string of the molecule is O=C(NCc1cc(-c2ccc(F)cc2F)on1)c1ccccc1[N+](=O)[O-]. The number of hydrogen-bond donors (Lipinski definition) is 1. The van der Waals surface area contributed by atoms with Crippen molar-refractivity contribution in [1.29, 1.82) is 0 Å². The van der Waals surface area contributed by atoms with Crippen LogP contribution in [0.4, 0.5) is 14.5 Å². The zero-order valence-electron chi connectivity index (χ0n) is 13.1. The summed E-state index contributed by atoms with van der Waals surface area (Å²) in [4.78, 5) is 22.4. The molecule has 9 heteroatoms. The van der Waals surface area contributed by atoms with Gasteiger partial charge in [0, 0.05) is 18.2 Å². The number of amides is 1. The average molecular weight is 359 g/mol. The lowest BCUT2D eigenvalue weighted by molar-refractivity contribution is -0.385. The predicted molar refractivity (Wildman–Crippen MR) is 86.1 cm³/mol. The average Bonchev–Trinajstić information content (AvgIpc) is 3.08. The number of benzene rings is 2. The van der Waals surface area contributed by atoms with Crippen LogP contribution in [0, 0.1) is 21.7 Å². The van der Waals surface area contributed by atoms with Gasteiger partial charge in [0.25, 0.3) is 11.6 Å². The second kappa shape index (κ2) is 7.09. The summed E-state index contributed by atoms with van der Waals surface area (Å²) < 4.78 is 31.7. The van der Waals surface area contributed by atoms with Gasteiger partial charge in [-0.3, -0.25) is 14.9 Å². The Bertz CT molecular complexity index is 988. The lowest BCUT2D eigenvalue weighted by Crippen LogP contribution is -2.23. The van der Waals surface area contributed by atoms with E-state index in [0.29, 0.717) is 6.07 Å². The van der Waals surface area contributed by atoms with Crippen molar-refractivity contribution in [1.82, 2.24) is 10.5 Å². The zero-order valence-corrected chi connectivity index (χ0v) is 13.1. The summed E-state index contributed by atoms with van der Waals surface area (Å²) >= 11 is 0. The summed E-state index contributed by atoms with van der Waals surface area (Å²) in [5.41, 5.74) is -0.115. The standard InChI is InChI=1S/C17H11F2N3O4/c18-10-5-6-12(14(19)7-10)16-8-11(21-26-16)9-20-17(23)13-3-1-2-4-15(13)22(24)25/h1-8H,9H2,(H,20,23). The number of nitro groups is 1. The van der Waals surface area contributed by atoms with Gasteiger partial charge >= 0.3 is 0 Å². The van der Waals surface area contributed by atoms with Crippen molar-refractivity contribution in [2.45, 2.75) is 6.54 Å². The molecule has 26 heavy (non-hydrogen) atoms. The van der Waals surface area contributed by atoms with Gasteiger partial charge in [-0.25, -0.2) is 8.78 Å². The first kappa shape index (κ1) is 17.2. The Morgan fingerprint density at radius 1 is 1.19 bits per heavy atom. The molecule has 0 saturated heterocycles. The summed E-state index contributed by atoms with van der Waals surface area (Å²) in [5.74, 6) is -2.12. The smallest absolute Gasteiger partial charge is 0.282 e. The Morgan fingerprint density at radius 2 is 1.96 bits per heavy atom. The third-order valence-corrected chi connectivity index (χ3v) is 3.53. The maximum absolute atomic E-state index is 13.7.